The molecule has 0 spiro atoms. The van der Waals surface area contributed by atoms with Gasteiger partial charge in [0, 0.05) is 12.5 Å². The predicted octanol–water partition coefficient (Wildman–Crippen LogP) is 1.68. The van der Waals surface area contributed by atoms with E-state index in [9.17, 15) is 4.79 Å². The molecule has 20 heavy (non-hydrogen) atoms. The standard InChI is InChI=1S/C16H28N2O2/c1-20-10-14(2-3-17)18-15(19)16-7-11-4-12(8-16)6-13(5-11)9-16/h11-14H,2-10,17H2,1H3,(H,18,19). The summed E-state index contributed by atoms with van der Waals surface area (Å²) in [6.07, 6.45) is 8.27. The van der Waals surface area contributed by atoms with E-state index in [0.717, 1.165) is 43.4 Å². The number of nitrogens with one attached hydrogen (secondary N) is 1. The van der Waals surface area contributed by atoms with Crippen molar-refractivity contribution >= 4 is 5.91 Å². The molecule has 4 heteroatoms. The Kier molecular flexibility index (Phi) is 4.04. The summed E-state index contributed by atoms with van der Waals surface area (Å²) in [7, 11) is 1.68. The van der Waals surface area contributed by atoms with Gasteiger partial charge in [0.05, 0.1) is 12.6 Å². The second-order valence-electron chi connectivity index (χ2n) is 7.40. The summed E-state index contributed by atoms with van der Waals surface area (Å²) in [5.74, 6) is 2.71. The zero-order valence-corrected chi connectivity index (χ0v) is 12.6. The van der Waals surface area contributed by atoms with Crippen molar-refractivity contribution < 1.29 is 9.53 Å². The first-order chi connectivity index (χ1) is 9.65. The molecule has 0 radical (unpaired) electrons. The Labute approximate surface area is 121 Å². The van der Waals surface area contributed by atoms with Crippen LogP contribution in [0.2, 0.25) is 0 Å². The van der Waals surface area contributed by atoms with E-state index in [-0.39, 0.29) is 17.4 Å². The maximum Gasteiger partial charge on any atom is 0.226 e. The number of nitrogens with two attached hydrogens (primary N) is 1. The second-order valence-corrected chi connectivity index (χ2v) is 7.40. The highest BCUT2D eigenvalue weighted by Crippen LogP contribution is 2.60. The summed E-state index contributed by atoms with van der Waals surface area (Å²) in [5.41, 5.74) is 5.57. The van der Waals surface area contributed by atoms with Crippen LogP contribution in [0.3, 0.4) is 0 Å². The zero-order chi connectivity index (χ0) is 14.2. The average molecular weight is 280 g/mol. The quantitative estimate of drug-likeness (QED) is 0.778. The lowest BCUT2D eigenvalue weighted by molar-refractivity contribution is -0.147. The molecule has 0 aromatic heterocycles. The van der Waals surface area contributed by atoms with E-state index in [0.29, 0.717) is 13.2 Å². The fourth-order valence-corrected chi connectivity index (χ4v) is 5.33. The third-order valence-corrected chi connectivity index (χ3v) is 5.74. The first-order valence-electron chi connectivity index (χ1n) is 8.15. The largest absolute Gasteiger partial charge is 0.383 e. The third-order valence-electron chi connectivity index (χ3n) is 5.74. The smallest absolute Gasteiger partial charge is 0.226 e. The van der Waals surface area contributed by atoms with Gasteiger partial charge in [0.25, 0.3) is 0 Å². The van der Waals surface area contributed by atoms with Crippen LogP contribution in [0.4, 0.5) is 0 Å². The van der Waals surface area contributed by atoms with Crippen molar-refractivity contribution in [3.05, 3.63) is 0 Å². The van der Waals surface area contributed by atoms with Gasteiger partial charge < -0.3 is 15.8 Å². The lowest BCUT2D eigenvalue weighted by atomic mass is 9.49. The highest BCUT2D eigenvalue weighted by molar-refractivity contribution is 5.83. The van der Waals surface area contributed by atoms with Crippen LogP contribution in [0, 0.1) is 23.2 Å². The van der Waals surface area contributed by atoms with Crippen molar-refractivity contribution in [1.29, 1.82) is 0 Å². The van der Waals surface area contributed by atoms with Gasteiger partial charge in [-0.05, 0) is 69.2 Å². The monoisotopic (exact) mass is 280 g/mol. The van der Waals surface area contributed by atoms with Crippen LogP contribution in [0.5, 0.6) is 0 Å². The molecule has 0 aromatic rings. The molecule has 0 heterocycles. The molecule has 4 aliphatic rings. The van der Waals surface area contributed by atoms with Crippen LogP contribution >= 0.6 is 0 Å². The van der Waals surface area contributed by atoms with Crippen molar-refractivity contribution in [2.24, 2.45) is 28.9 Å². The Morgan fingerprint density at radius 2 is 1.80 bits per heavy atom. The number of hydrogen-bond donors (Lipinski definition) is 2. The van der Waals surface area contributed by atoms with Gasteiger partial charge in [-0.3, -0.25) is 4.79 Å². The minimum atomic E-state index is -0.0602. The average Bonchev–Trinajstić information content (AvgIpc) is 2.37. The lowest BCUT2D eigenvalue weighted by Gasteiger charge is -2.55. The van der Waals surface area contributed by atoms with E-state index < -0.39 is 0 Å². The van der Waals surface area contributed by atoms with E-state index >= 15 is 0 Å². The van der Waals surface area contributed by atoms with Crippen molar-refractivity contribution in [3.63, 3.8) is 0 Å². The van der Waals surface area contributed by atoms with Crippen molar-refractivity contribution in [1.82, 2.24) is 5.32 Å². The molecule has 4 aliphatic carbocycles. The minimum Gasteiger partial charge on any atom is -0.383 e. The molecule has 4 bridgehead atoms. The van der Waals surface area contributed by atoms with Gasteiger partial charge >= 0.3 is 0 Å². The van der Waals surface area contributed by atoms with E-state index in [4.69, 9.17) is 10.5 Å². The van der Waals surface area contributed by atoms with E-state index in [1.54, 1.807) is 7.11 Å². The van der Waals surface area contributed by atoms with Crippen LogP contribution in [-0.4, -0.2) is 32.2 Å². The number of carbonyl (C=O) groups is 1. The van der Waals surface area contributed by atoms with Gasteiger partial charge in [0.1, 0.15) is 0 Å². The van der Waals surface area contributed by atoms with E-state index in [1.165, 1.54) is 19.3 Å². The molecule has 114 valence electrons. The van der Waals surface area contributed by atoms with Crippen LogP contribution in [0.15, 0.2) is 0 Å². The van der Waals surface area contributed by atoms with Crippen molar-refractivity contribution in [2.75, 3.05) is 20.3 Å². The molecule has 1 unspecified atom stereocenters. The van der Waals surface area contributed by atoms with Crippen LogP contribution in [-0.2, 0) is 9.53 Å². The summed E-state index contributed by atoms with van der Waals surface area (Å²) in [5, 5.41) is 3.23. The first kappa shape index (κ1) is 14.3. The highest BCUT2D eigenvalue weighted by atomic mass is 16.5. The normalized spacial score (nSPS) is 39.8. The number of amides is 1. The third kappa shape index (κ3) is 2.60. The number of hydrogen-bond acceptors (Lipinski definition) is 3. The van der Waals surface area contributed by atoms with Gasteiger partial charge in [-0.25, -0.2) is 0 Å². The number of rotatable bonds is 6. The highest BCUT2D eigenvalue weighted by Gasteiger charge is 2.54. The molecule has 4 nitrogen and oxygen atoms in total. The fraction of sp³-hybridized carbons (Fsp3) is 0.938. The van der Waals surface area contributed by atoms with Crippen LogP contribution < -0.4 is 11.1 Å². The molecule has 4 rings (SSSR count). The minimum absolute atomic E-state index is 0.0602. The second kappa shape index (κ2) is 5.64. The fourth-order valence-electron chi connectivity index (χ4n) is 5.33. The molecule has 0 aliphatic heterocycles. The topological polar surface area (TPSA) is 64.3 Å². The zero-order valence-electron chi connectivity index (χ0n) is 12.6. The lowest BCUT2D eigenvalue weighted by Crippen LogP contribution is -2.55. The van der Waals surface area contributed by atoms with Gasteiger partial charge in [-0.15, -0.1) is 0 Å². The number of ether oxygens (including phenoxy) is 1. The number of carbonyl (C=O) groups excluding carboxylic acids is 1. The summed E-state index contributed by atoms with van der Waals surface area (Å²) < 4.78 is 5.21. The van der Waals surface area contributed by atoms with Gasteiger partial charge in [-0.1, -0.05) is 0 Å². The molecule has 4 saturated carbocycles. The predicted molar refractivity (Wildman–Crippen MR) is 78.1 cm³/mol. The summed E-state index contributed by atoms with van der Waals surface area (Å²) in [6.45, 7) is 1.16. The van der Waals surface area contributed by atoms with Gasteiger partial charge in [0.15, 0.2) is 0 Å². The Morgan fingerprint density at radius 3 is 2.25 bits per heavy atom. The Hall–Kier alpha value is -0.610. The van der Waals surface area contributed by atoms with Crippen molar-refractivity contribution in [3.8, 4) is 0 Å². The molecule has 4 fully saturated rings. The van der Waals surface area contributed by atoms with E-state index in [1.807, 2.05) is 0 Å². The van der Waals surface area contributed by atoms with Gasteiger partial charge in [-0.2, -0.15) is 0 Å². The molecule has 3 N–H and O–H groups in total. The molecule has 0 saturated heterocycles. The summed E-state index contributed by atoms with van der Waals surface area (Å²) in [6, 6.07) is 0.0745. The summed E-state index contributed by atoms with van der Waals surface area (Å²) >= 11 is 0. The molecular formula is C16H28N2O2. The van der Waals surface area contributed by atoms with Crippen molar-refractivity contribution in [2.45, 2.75) is 51.0 Å². The SMILES string of the molecule is COCC(CCN)NC(=O)C12CC3CC(CC(C3)C1)C2. The summed E-state index contributed by atoms with van der Waals surface area (Å²) in [4.78, 5) is 12.8. The number of methoxy groups -OCH3 is 1. The Morgan fingerprint density at radius 1 is 1.25 bits per heavy atom. The maximum absolute atomic E-state index is 12.8. The first-order valence-corrected chi connectivity index (χ1v) is 8.15. The van der Waals surface area contributed by atoms with Gasteiger partial charge in [0.2, 0.25) is 5.91 Å². The molecular weight excluding hydrogens is 252 g/mol. The van der Waals surface area contributed by atoms with Crippen LogP contribution in [0.25, 0.3) is 0 Å². The molecule has 0 aromatic carbocycles. The molecule has 1 amide bonds. The van der Waals surface area contributed by atoms with E-state index in [2.05, 4.69) is 5.32 Å². The molecule has 1 atom stereocenters. The van der Waals surface area contributed by atoms with Crippen LogP contribution in [0.1, 0.15) is 44.9 Å². The maximum atomic E-state index is 12.8. The Balaban J connectivity index is 1.67. The Bertz CT molecular complexity index is 328.